The number of carbonyl (C=O) groups excluding carboxylic acids is 1. The molecular formula is C22H23FO3. The molecule has 2 aromatic carbocycles. The minimum Gasteiger partial charge on any atom is -0.484 e. The summed E-state index contributed by atoms with van der Waals surface area (Å²) < 4.78 is 26.0. The average molecular weight is 354 g/mol. The van der Waals surface area contributed by atoms with Crippen LogP contribution in [0.5, 0.6) is 11.5 Å². The van der Waals surface area contributed by atoms with Crippen LogP contribution in [0.4, 0.5) is 4.39 Å². The Morgan fingerprint density at radius 2 is 2.00 bits per heavy atom. The number of fused-ring (bicyclic) bond motifs is 2. The predicted molar refractivity (Wildman–Crippen MR) is 96.9 cm³/mol. The van der Waals surface area contributed by atoms with Gasteiger partial charge >= 0.3 is 5.97 Å². The third-order valence-corrected chi connectivity index (χ3v) is 5.95. The van der Waals surface area contributed by atoms with Crippen LogP contribution in [-0.4, -0.2) is 11.6 Å². The van der Waals surface area contributed by atoms with Crippen LogP contribution in [0.15, 0.2) is 48.5 Å². The minimum atomic E-state index is -0.514. The number of hydrogen-bond acceptors (Lipinski definition) is 3. The second kappa shape index (κ2) is 6.75. The van der Waals surface area contributed by atoms with E-state index in [2.05, 4.69) is 6.92 Å². The lowest BCUT2D eigenvalue weighted by Gasteiger charge is -2.37. The molecule has 2 saturated carbocycles. The molecule has 4 heteroatoms. The van der Waals surface area contributed by atoms with Gasteiger partial charge < -0.3 is 9.47 Å². The molecule has 3 unspecified atom stereocenters. The van der Waals surface area contributed by atoms with E-state index in [-0.39, 0.29) is 11.4 Å². The van der Waals surface area contributed by atoms with Crippen LogP contribution in [0, 0.1) is 17.7 Å². The number of rotatable bonds is 5. The van der Waals surface area contributed by atoms with Crippen LogP contribution in [-0.2, 0) is 0 Å². The first kappa shape index (κ1) is 17.1. The van der Waals surface area contributed by atoms with Crippen molar-refractivity contribution < 1.29 is 18.7 Å². The molecule has 2 aliphatic rings. The summed E-state index contributed by atoms with van der Waals surface area (Å²) in [5.74, 6) is 0.840. The second-order valence-corrected chi connectivity index (χ2v) is 7.45. The van der Waals surface area contributed by atoms with Crippen LogP contribution >= 0.6 is 0 Å². The molecule has 0 N–H and O–H groups in total. The Kier molecular flexibility index (Phi) is 4.43. The smallest absolute Gasteiger partial charge is 0.343 e. The Labute approximate surface area is 153 Å². The number of para-hydroxylation sites is 1. The first-order chi connectivity index (χ1) is 12.6. The number of esters is 1. The molecule has 2 aliphatic carbocycles. The molecule has 26 heavy (non-hydrogen) atoms. The van der Waals surface area contributed by atoms with E-state index in [1.165, 1.54) is 31.0 Å². The van der Waals surface area contributed by atoms with E-state index in [0.29, 0.717) is 23.1 Å². The normalized spacial score (nSPS) is 26.7. The molecule has 0 radical (unpaired) electrons. The Bertz CT molecular complexity index is 804. The maximum atomic E-state index is 14.4. The van der Waals surface area contributed by atoms with E-state index in [9.17, 15) is 9.18 Å². The summed E-state index contributed by atoms with van der Waals surface area (Å²) in [5.41, 5.74) is -0.00853. The second-order valence-electron chi connectivity index (χ2n) is 7.45. The fraction of sp³-hybridized carbons (Fsp3) is 0.409. The number of hydrogen-bond donors (Lipinski definition) is 0. The van der Waals surface area contributed by atoms with Crippen molar-refractivity contribution in [3.05, 3.63) is 59.9 Å². The quantitative estimate of drug-likeness (QED) is 0.533. The van der Waals surface area contributed by atoms with Gasteiger partial charge in [-0.15, -0.1) is 0 Å². The van der Waals surface area contributed by atoms with Crippen molar-refractivity contribution in [2.75, 3.05) is 0 Å². The van der Waals surface area contributed by atoms with Crippen LogP contribution in [0.2, 0.25) is 0 Å². The molecule has 2 bridgehead atoms. The van der Waals surface area contributed by atoms with Gasteiger partial charge in [0, 0.05) is 0 Å². The monoisotopic (exact) mass is 354 g/mol. The standard InChI is InChI=1S/C22H23FO3/c1-2-22(14-15-8-10-17(22)12-15)26-20-13-16(9-11-19(20)23)21(24)25-18-6-4-3-5-7-18/h3-7,9,11,13,15,17H,2,8,10,12,14H2,1H3. The van der Waals surface area contributed by atoms with Gasteiger partial charge in [0.05, 0.1) is 5.56 Å². The highest BCUT2D eigenvalue weighted by Gasteiger charge is 2.52. The topological polar surface area (TPSA) is 35.5 Å². The predicted octanol–water partition coefficient (Wildman–Crippen LogP) is 5.39. The van der Waals surface area contributed by atoms with Crippen LogP contribution in [0.25, 0.3) is 0 Å². The van der Waals surface area contributed by atoms with Gasteiger partial charge in [0.1, 0.15) is 11.4 Å². The highest BCUT2D eigenvalue weighted by atomic mass is 19.1. The van der Waals surface area contributed by atoms with Crippen molar-refractivity contribution >= 4 is 5.97 Å². The highest BCUT2D eigenvalue weighted by Crippen LogP contribution is 2.54. The van der Waals surface area contributed by atoms with E-state index in [1.807, 2.05) is 6.07 Å². The molecule has 0 heterocycles. The average Bonchev–Trinajstić information content (AvgIpc) is 3.26. The molecule has 3 nitrogen and oxygen atoms in total. The van der Waals surface area contributed by atoms with Crippen molar-refractivity contribution in [3.63, 3.8) is 0 Å². The summed E-state index contributed by atoms with van der Waals surface area (Å²) in [6, 6.07) is 13.1. The first-order valence-corrected chi connectivity index (χ1v) is 9.35. The lowest BCUT2D eigenvalue weighted by Crippen LogP contribution is -2.41. The van der Waals surface area contributed by atoms with Gasteiger partial charge in [0.15, 0.2) is 11.6 Å². The summed E-state index contributed by atoms with van der Waals surface area (Å²) in [5, 5.41) is 0. The number of benzene rings is 2. The van der Waals surface area contributed by atoms with Gasteiger partial charge in [-0.1, -0.05) is 25.1 Å². The van der Waals surface area contributed by atoms with Crippen LogP contribution in [0.1, 0.15) is 49.4 Å². The fourth-order valence-electron chi connectivity index (χ4n) is 4.61. The zero-order valence-corrected chi connectivity index (χ0v) is 14.9. The van der Waals surface area contributed by atoms with Crippen molar-refractivity contribution in [2.45, 2.75) is 44.6 Å². The highest BCUT2D eigenvalue weighted by molar-refractivity contribution is 5.91. The van der Waals surface area contributed by atoms with Gasteiger partial charge in [-0.3, -0.25) is 0 Å². The molecule has 3 atom stereocenters. The number of ether oxygens (including phenoxy) is 2. The maximum Gasteiger partial charge on any atom is 0.343 e. The van der Waals surface area contributed by atoms with E-state index in [1.54, 1.807) is 24.3 Å². The Morgan fingerprint density at radius 3 is 2.65 bits per heavy atom. The molecule has 2 aromatic rings. The Morgan fingerprint density at radius 1 is 1.19 bits per heavy atom. The van der Waals surface area contributed by atoms with Crippen molar-refractivity contribution in [1.29, 1.82) is 0 Å². The lowest BCUT2D eigenvalue weighted by molar-refractivity contribution is 0.00606. The molecule has 0 amide bonds. The van der Waals surface area contributed by atoms with E-state index >= 15 is 0 Å². The minimum absolute atomic E-state index is 0.155. The van der Waals surface area contributed by atoms with Crippen LogP contribution < -0.4 is 9.47 Å². The van der Waals surface area contributed by atoms with Crippen molar-refractivity contribution in [3.8, 4) is 11.5 Å². The van der Waals surface area contributed by atoms with Crippen molar-refractivity contribution in [2.24, 2.45) is 11.8 Å². The summed E-state index contributed by atoms with van der Waals surface area (Å²) in [7, 11) is 0. The van der Waals surface area contributed by atoms with Gasteiger partial charge in [0.2, 0.25) is 0 Å². The summed E-state index contributed by atoms with van der Waals surface area (Å²) in [6.07, 6.45) is 5.40. The van der Waals surface area contributed by atoms with Gasteiger partial charge in [-0.25, -0.2) is 9.18 Å². The fourth-order valence-corrected chi connectivity index (χ4v) is 4.61. The maximum absolute atomic E-state index is 14.4. The third kappa shape index (κ3) is 3.09. The van der Waals surface area contributed by atoms with Crippen molar-refractivity contribution in [1.82, 2.24) is 0 Å². The zero-order valence-electron chi connectivity index (χ0n) is 14.9. The molecule has 0 saturated heterocycles. The van der Waals surface area contributed by atoms with Crippen LogP contribution in [0.3, 0.4) is 0 Å². The van der Waals surface area contributed by atoms with Gasteiger partial charge in [0.25, 0.3) is 0 Å². The number of halogens is 1. The first-order valence-electron chi connectivity index (χ1n) is 9.35. The van der Waals surface area contributed by atoms with Gasteiger partial charge in [-0.05, 0) is 74.3 Å². The van der Waals surface area contributed by atoms with Gasteiger partial charge in [-0.2, -0.15) is 0 Å². The molecule has 2 fully saturated rings. The summed E-state index contributed by atoms with van der Waals surface area (Å²) >= 11 is 0. The number of carbonyl (C=O) groups is 1. The van der Waals surface area contributed by atoms with E-state index in [0.717, 1.165) is 19.3 Å². The molecule has 0 spiro atoms. The zero-order chi connectivity index (χ0) is 18.1. The SMILES string of the molecule is CCC1(Oc2cc(C(=O)Oc3ccccc3)ccc2F)CC2CCC1C2. The third-order valence-electron chi connectivity index (χ3n) is 5.95. The lowest BCUT2D eigenvalue weighted by atomic mass is 9.82. The Hall–Kier alpha value is -2.36. The molecule has 0 aliphatic heterocycles. The molecule has 4 rings (SSSR count). The molecule has 0 aromatic heterocycles. The Balaban J connectivity index is 1.55. The van der Waals surface area contributed by atoms with E-state index in [4.69, 9.17) is 9.47 Å². The van der Waals surface area contributed by atoms with E-state index < -0.39 is 11.8 Å². The molecule has 136 valence electrons. The molecular weight excluding hydrogens is 331 g/mol. The largest absolute Gasteiger partial charge is 0.484 e. The summed E-state index contributed by atoms with van der Waals surface area (Å²) in [4.78, 5) is 12.4. The summed E-state index contributed by atoms with van der Waals surface area (Å²) in [6.45, 7) is 2.10.